The van der Waals surface area contributed by atoms with E-state index in [1.807, 2.05) is 0 Å². The highest BCUT2D eigenvalue weighted by Crippen LogP contribution is 2.33. The van der Waals surface area contributed by atoms with Crippen molar-refractivity contribution in [2.75, 3.05) is 26.4 Å². The van der Waals surface area contributed by atoms with Gasteiger partial charge in [-0.25, -0.2) is 14.4 Å². The molecule has 1 aliphatic carbocycles. The zero-order chi connectivity index (χ0) is 31.4. The normalized spacial score (nSPS) is 15.1. The lowest BCUT2D eigenvalue weighted by molar-refractivity contribution is -0.148. The molecule has 0 spiro atoms. The van der Waals surface area contributed by atoms with E-state index in [4.69, 9.17) is 35.0 Å². The minimum absolute atomic E-state index is 0.0236. The van der Waals surface area contributed by atoms with Crippen LogP contribution >= 0.6 is 11.6 Å². The van der Waals surface area contributed by atoms with E-state index >= 15 is 0 Å². The van der Waals surface area contributed by atoms with E-state index in [9.17, 15) is 24.0 Å². The molecule has 0 bridgehead atoms. The molecular formula is C30H34ClNO10. The van der Waals surface area contributed by atoms with Gasteiger partial charge in [0.1, 0.15) is 17.1 Å². The lowest BCUT2D eigenvalue weighted by Gasteiger charge is -2.29. The van der Waals surface area contributed by atoms with E-state index < -0.39 is 62.9 Å². The molecule has 0 fully saturated rings. The molecule has 1 heterocycles. The molecule has 3 rings (SSSR count). The first kappa shape index (κ1) is 32.4. The van der Waals surface area contributed by atoms with Crippen molar-refractivity contribution in [3.05, 3.63) is 55.2 Å². The fourth-order valence-electron chi connectivity index (χ4n) is 4.51. The number of hydrogen-bond donors (Lipinski definition) is 1. The quantitative estimate of drug-likeness (QED) is 0.332. The highest BCUT2D eigenvalue weighted by molar-refractivity contribution is 6.31. The molecular weight excluding hydrogens is 570 g/mol. The molecule has 0 saturated carbocycles. The van der Waals surface area contributed by atoms with Gasteiger partial charge in [-0.1, -0.05) is 11.6 Å². The molecule has 0 amide bonds. The molecule has 0 aliphatic heterocycles. The summed E-state index contributed by atoms with van der Waals surface area (Å²) in [5, 5.41) is 3.10. The summed E-state index contributed by atoms with van der Waals surface area (Å²) < 4.78 is 27.4. The van der Waals surface area contributed by atoms with Crippen LogP contribution < -0.4 is 21.4 Å². The zero-order valence-electron chi connectivity index (χ0n) is 24.6. The standard InChI is InChI=1S/C30H34ClNO10/c1-8-38-26(34)18-19(27(35)39-9-2)21(29(37)41-11-4)25-22(24(33)16-14-15(31)12-13-17(16)42-25)23(32-30(5,6)7)20(18)28(36)40-10-3/h12-14,20,32H,8-11H2,1-7H3. The fraction of sp³-hybridized carbons (Fsp3) is 0.433. The lowest BCUT2D eigenvalue weighted by atomic mass is 9.88. The van der Waals surface area contributed by atoms with Crippen LogP contribution in [0.3, 0.4) is 0 Å². The topological polar surface area (TPSA) is 147 Å². The summed E-state index contributed by atoms with van der Waals surface area (Å²) in [4.78, 5) is 69.1. The summed E-state index contributed by atoms with van der Waals surface area (Å²) in [5.74, 6) is -6.08. The number of nitrogens with one attached hydrogen (secondary N) is 1. The molecule has 1 atom stereocenters. The second-order valence-corrected chi connectivity index (χ2v) is 10.5. The Morgan fingerprint density at radius 2 is 1.40 bits per heavy atom. The van der Waals surface area contributed by atoms with Gasteiger partial charge in [0.25, 0.3) is 0 Å². The molecule has 11 nitrogen and oxygen atoms in total. The van der Waals surface area contributed by atoms with Gasteiger partial charge in [0.15, 0.2) is 5.42 Å². The van der Waals surface area contributed by atoms with Crippen molar-refractivity contribution >= 4 is 57.7 Å². The molecule has 0 saturated heterocycles. The van der Waals surface area contributed by atoms with Gasteiger partial charge in [0, 0.05) is 16.3 Å². The van der Waals surface area contributed by atoms with Gasteiger partial charge in [-0.2, -0.15) is 0 Å². The van der Waals surface area contributed by atoms with Crippen LogP contribution in [-0.2, 0) is 38.1 Å². The molecule has 1 N–H and O–H groups in total. The Balaban J connectivity index is 2.86. The van der Waals surface area contributed by atoms with E-state index in [-0.39, 0.29) is 53.3 Å². The van der Waals surface area contributed by atoms with E-state index in [0.717, 1.165) is 0 Å². The summed E-state index contributed by atoms with van der Waals surface area (Å²) >= 11 is 6.20. The number of benzene rings is 1. The summed E-state index contributed by atoms with van der Waals surface area (Å²) in [6.07, 6.45) is 0. The number of fused-ring (bicyclic) bond motifs is 2. The lowest BCUT2D eigenvalue weighted by Crippen LogP contribution is -2.50. The number of ether oxygens (including phenoxy) is 4. The van der Waals surface area contributed by atoms with Gasteiger partial charge < -0.3 is 28.7 Å². The maximum atomic E-state index is 14.3. The second kappa shape index (κ2) is 13.2. The Morgan fingerprint density at radius 1 is 0.857 bits per heavy atom. The highest BCUT2D eigenvalue weighted by atomic mass is 35.5. The molecule has 2 aromatic rings. The molecule has 42 heavy (non-hydrogen) atoms. The van der Waals surface area contributed by atoms with Crippen LogP contribution in [0.2, 0.25) is 5.02 Å². The van der Waals surface area contributed by atoms with E-state index in [1.54, 1.807) is 27.7 Å². The SMILES string of the molecule is CCOC(=O)C1=C(C(=O)OCC)C(C(=O)OCC)C(NC(C)(C)C)=c2c(oc3ccc(Cl)cc3c2=O)=C1C(=O)OCC. The van der Waals surface area contributed by atoms with Crippen LogP contribution in [-0.4, -0.2) is 55.8 Å². The summed E-state index contributed by atoms with van der Waals surface area (Å²) in [7, 11) is 0. The van der Waals surface area contributed by atoms with Crippen molar-refractivity contribution in [1.82, 2.24) is 5.32 Å². The van der Waals surface area contributed by atoms with Gasteiger partial charge in [0.05, 0.1) is 48.2 Å². The molecule has 0 radical (unpaired) electrons. The van der Waals surface area contributed by atoms with Crippen molar-refractivity contribution in [2.24, 2.45) is 5.92 Å². The largest absolute Gasteiger partial charge is 0.465 e. The average molecular weight is 604 g/mol. The Kier molecular flexibility index (Phi) is 10.2. The van der Waals surface area contributed by atoms with Crippen LogP contribution in [0.5, 0.6) is 0 Å². The number of esters is 4. The number of rotatable bonds is 9. The Hall–Kier alpha value is -4.12. The van der Waals surface area contributed by atoms with Crippen molar-refractivity contribution in [3.63, 3.8) is 0 Å². The molecule has 226 valence electrons. The number of hydrogen-bond acceptors (Lipinski definition) is 11. The van der Waals surface area contributed by atoms with Crippen LogP contribution in [0.4, 0.5) is 0 Å². The van der Waals surface area contributed by atoms with Crippen molar-refractivity contribution in [2.45, 2.75) is 54.0 Å². The van der Waals surface area contributed by atoms with Gasteiger partial charge in [-0.15, -0.1) is 0 Å². The first-order chi connectivity index (χ1) is 19.8. The summed E-state index contributed by atoms with van der Waals surface area (Å²) in [6.45, 7) is 10.9. The second-order valence-electron chi connectivity index (χ2n) is 10.1. The fourth-order valence-corrected chi connectivity index (χ4v) is 4.68. The van der Waals surface area contributed by atoms with Crippen LogP contribution in [0.15, 0.2) is 38.6 Å². The maximum Gasteiger partial charge on any atom is 0.342 e. The zero-order valence-corrected chi connectivity index (χ0v) is 25.4. The monoisotopic (exact) mass is 603 g/mol. The van der Waals surface area contributed by atoms with Gasteiger partial charge in [-0.3, -0.25) is 9.59 Å². The van der Waals surface area contributed by atoms with E-state index in [1.165, 1.54) is 39.0 Å². The van der Waals surface area contributed by atoms with Crippen LogP contribution in [0.25, 0.3) is 22.2 Å². The van der Waals surface area contributed by atoms with Gasteiger partial charge in [-0.05, 0) is 66.7 Å². The summed E-state index contributed by atoms with van der Waals surface area (Å²) in [6, 6.07) is 4.27. The van der Waals surface area contributed by atoms with Crippen molar-refractivity contribution < 1.29 is 42.5 Å². The predicted octanol–water partition coefficient (Wildman–Crippen LogP) is 2.27. The van der Waals surface area contributed by atoms with E-state index in [0.29, 0.717) is 0 Å². The number of carbonyl (C=O) groups is 4. The van der Waals surface area contributed by atoms with Crippen LogP contribution in [0, 0.1) is 5.92 Å². The molecule has 1 aromatic heterocycles. The minimum Gasteiger partial charge on any atom is -0.465 e. The van der Waals surface area contributed by atoms with Crippen LogP contribution in [0.1, 0.15) is 48.5 Å². The molecule has 12 heteroatoms. The third-order valence-electron chi connectivity index (χ3n) is 5.93. The third kappa shape index (κ3) is 6.51. The molecule has 1 aromatic carbocycles. The van der Waals surface area contributed by atoms with Crippen molar-refractivity contribution in [3.8, 4) is 0 Å². The summed E-state index contributed by atoms with van der Waals surface area (Å²) in [5.41, 5.74) is -3.84. The smallest absolute Gasteiger partial charge is 0.342 e. The average Bonchev–Trinajstić information content (AvgIpc) is 3.01. The number of carbonyl (C=O) groups excluding carboxylic acids is 4. The minimum atomic E-state index is -1.74. The Morgan fingerprint density at radius 3 is 1.95 bits per heavy atom. The third-order valence-corrected chi connectivity index (χ3v) is 6.17. The highest BCUT2D eigenvalue weighted by Gasteiger charge is 2.45. The molecule has 1 aliphatic rings. The molecule has 1 unspecified atom stereocenters. The maximum absolute atomic E-state index is 14.3. The first-order valence-electron chi connectivity index (χ1n) is 13.5. The number of halogens is 1. The Labute approximate surface area is 247 Å². The predicted molar refractivity (Wildman–Crippen MR) is 153 cm³/mol. The van der Waals surface area contributed by atoms with Gasteiger partial charge in [0.2, 0.25) is 5.43 Å². The first-order valence-corrected chi connectivity index (χ1v) is 13.9. The van der Waals surface area contributed by atoms with Gasteiger partial charge >= 0.3 is 23.9 Å². The Bertz CT molecular complexity index is 1640. The van der Waals surface area contributed by atoms with Crippen molar-refractivity contribution in [1.29, 1.82) is 0 Å². The van der Waals surface area contributed by atoms with E-state index in [2.05, 4.69) is 5.32 Å².